The van der Waals surface area contributed by atoms with E-state index in [-0.39, 0.29) is 17.7 Å². The Morgan fingerprint density at radius 1 is 1.20 bits per heavy atom. The second kappa shape index (κ2) is 12.4. The number of nitrogens with two attached hydrogens (primary N) is 1. The Balaban J connectivity index is 0.000000587. The second-order valence-corrected chi connectivity index (χ2v) is 13.1. The number of anilines is 1. The van der Waals surface area contributed by atoms with Crippen LogP contribution in [0.4, 0.5) is 5.82 Å². The Hall–Kier alpha value is -2.43. The zero-order valence-corrected chi connectivity index (χ0v) is 25.5. The number of methoxy groups -OCH3 is 1. The lowest BCUT2D eigenvalue weighted by Crippen LogP contribution is -2.36. The molecule has 0 saturated carbocycles. The molecular formula is C23H35ClN5O11P. The molecule has 0 spiro atoms. The maximum Gasteiger partial charge on any atom is 0.370 e. The molecule has 2 saturated heterocycles. The highest BCUT2D eigenvalue weighted by Gasteiger charge is 2.57. The molecule has 2 aliphatic heterocycles. The number of esters is 1. The zero-order valence-electron chi connectivity index (χ0n) is 23.9. The number of carboxylic acid groups (broad SMARTS) is 1. The molecule has 2 aromatic heterocycles. The van der Waals surface area contributed by atoms with Crippen molar-refractivity contribution < 1.29 is 52.0 Å². The van der Waals surface area contributed by atoms with Gasteiger partial charge in [-0.2, -0.15) is 9.97 Å². The number of hydrogen-bond donors (Lipinski definition) is 2. The van der Waals surface area contributed by atoms with Gasteiger partial charge < -0.3 is 43.6 Å². The number of fused-ring (bicyclic) bond motifs is 2. The van der Waals surface area contributed by atoms with Crippen LogP contribution in [0.3, 0.4) is 0 Å². The van der Waals surface area contributed by atoms with E-state index in [4.69, 9.17) is 55.2 Å². The summed E-state index contributed by atoms with van der Waals surface area (Å²) in [6, 6.07) is 0. The van der Waals surface area contributed by atoms with E-state index in [9.17, 15) is 14.2 Å². The molecule has 5 atom stereocenters. The van der Waals surface area contributed by atoms with Crippen molar-refractivity contribution in [2.24, 2.45) is 5.41 Å². The van der Waals surface area contributed by atoms with Gasteiger partial charge in [0.15, 0.2) is 23.5 Å². The quantitative estimate of drug-likeness (QED) is 0.246. The van der Waals surface area contributed by atoms with Crippen LogP contribution in [0.5, 0.6) is 0 Å². The third-order valence-corrected chi connectivity index (χ3v) is 8.20. The van der Waals surface area contributed by atoms with Crippen LogP contribution in [0.2, 0.25) is 5.28 Å². The Bertz CT molecular complexity index is 1310. The van der Waals surface area contributed by atoms with Crippen molar-refractivity contribution in [1.82, 2.24) is 19.5 Å². The van der Waals surface area contributed by atoms with Crippen molar-refractivity contribution in [3.05, 3.63) is 11.6 Å². The van der Waals surface area contributed by atoms with Crippen LogP contribution in [-0.2, 0) is 46.9 Å². The smallest absolute Gasteiger partial charge is 0.370 e. The fourth-order valence-electron chi connectivity index (χ4n) is 3.96. The van der Waals surface area contributed by atoms with Gasteiger partial charge in [0.1, 0.15) is 23.8 Å². The Labute approximate surface area is 241 Å². The van der Waals surface area contributed by atoms with Gasteiger partial charge in [0.05, 0.1) is 25.5 Å². The minimum Gasteiger partial charge on any atom is -0.481 e. The summed E-state index contributed by atoms with van der Waals surface area (Å²) in [7, 11) is -0.556. The first-order valence-corrected chi connectivity index (χ1v) is 14.3. The predicted molar refractivity (Wildman–Crippen MR) is 143 cm³/mol. The summed E-state index contributed by atoms with van der Waals surface area (Å²) in [5.41, 5.74) is 6.01. The van der Waals surface area contributed by atoms with Crippen LogP contribution in [-0.4, -0.2) is 94.4 Å². The average Bonchev–Trinajstić information content (AvgIpc) is 3.54. The van der Waals surface area contributed by atoms with Crippen molar-refractivity contribution in [1.29, 1.82) is 0 Å². The van der Waals surface area contributed by atoms with E-state index in [1.54, 1.807) is 39.2 Å². The maximum absolute atomic E-state index is 12.8. The minimum atomic E-state index is -3.97. The highest BCUT2D eigenvalue weighted by Crippen LogP contribution is 2.53. The van der Waals surface area contributed by atoms with Crippen LogP contribution in [0.1, 0.15) is 40.8 Å². The number of imidazole rings is 1. The van der Waals surface area contributed by atoms with E-state index in [1.165, 1.54) is 6.33 Å². The molecule has 0 aliphatic carbocycles. The van der Waals surface area contributed by atoms with E-state index in [0.717, 1.165) is 21.3 Å². The van der Waals surface area contributed by atoms with E-state index < -0.39 is 61.1 Å². The van der Waals surface area contributed by atoms with Gasteiger partial charge in [-0.1, -0.05) is 0 Å². The number of ether oxygens (including phenoxy) is 5. The van der Waals surface area contributed by atoms with Crippen LogP contribution in [0.15, 0.2) is 6.33 Å². The minimum absolute atomic E-state index is 0.0547. The normalized spacial score (nSPS) is 24.4. The number of aliphatic carboxylic acids is 1. The first kappa shape index (κ1) is 33.1. The largest absolute Gasteiger partial charge is 0.481 e. The summed E-state index contributed by atoms with van der Waals surface area (Å²) >= 11 is 5.99. The van der Waals surface area contributed by atoms with E-state index in [0.29, 0.717) is 11.2 Å². The molecule has 4 rings (SSSR count). The molecule has 0 amide bonds. The van der Waals surface area contributed by atoms with Crippen molar-refractivity contribution in [3.63, 3.8) is 0 Å². The van der Waals surface area contributed by atoms with Crippen molar-refractivity contribution in [2.75, 3.05) is 33.7 Å². The van der Waals surface area contributed by atoms with Crippen molar-refractivity contribution in [2.45, 2.75) is 70.8 Å². The number of halogens is 1. The van der Waals surface area contributed by atoms with Gasteiger partial charge in [0.2, 0.25) is 5.28 Å². The molecule has 0 aromatic carbocycles. The number of carbonyl (C=O) groups is 2. The standard InChI is InChI=1S/C18H25ClN5O9P.C5H10O2/c1-18(2)32-10-8(6-30-16(15(25)27-3)34(26,28-4)29-5)31-14(11(10)33-18)24-7-21-9-12(20)22-17(19)23-13(9)24;1-5(2,3)4(6)7/h7-8,10-11,14,16H,6H2,1-5H3,(H2,20,22,23);1-3H3,(H,6,7)/t8-,10-,11-,14-,16?;/m1./s1. The summed E-state index contributed by atoms with van der Waals surface area (Å²) in [5, 5.41) is 8.20. The van der Waals surface area contributed by atoms with Gasteiger partial charge >= 0.3 is 19.5 Å². The van der Waals surface area contributed by atoms with Gasteiger partial charge in [0.25, 0.3) is 5.85 Å². The Morgan fingerprint density at radius 2 is 1.78 bits per heavy atom. The highest BCUT2D eigenvalue weighted by atomic mass is 35.5. The second-order valence-electron chi connectivity index (χ2n) is 10.5. The summed E-state index contributed by atoms with van der Waals surface area (Å²) in [6.07, 6.45) is -1.26. The first-order chi connectivity index (χ1) is 19.0. The first-order valence-electron chi connectivity index (χ1n) is 12.3. The number of carbonyl (C=O) groups excluding carboxylic acids is 1. The lowest BCUT2D eigenvalue weighted by molar-refractivity contribution is -0.203. The number of aromatic nitrogens is 4. The number of nitrogens with zero attached hydrogens (tertiary/aromatic N) is 4. The average molecular weight is 624 g/mol. The molecule has 0 radical (unpaired) electrons. The molecule has 41 heavy (non-hydrogen) atoms. The van der Waals surface area contributed by atoms with Gasteiger partial charge in [-0.25, -0.2) is 9.78 Å². The van der Waals surface area contributed by atoms with Gasteiger partial charge in [-0.3, -0.25) is 13.9 Å². The van der Waals surface area contributed by atoms with Crippen molar-refractivity contribution >= 4 is 48.1 Å². The third kappa shape index (κ3) is 7.14. The summed E-state index contributed by atoms with van der Waals surface area (Å²) in [6.45, 7) is 8.27. The van der Waals surface area contributed by atoms with Crippen LogP contribution in [0.25, 0.3) is 11.2 Å². The van der Waals surface area contributed by atoms with Crippen LogP contribution in [0, 0.1) is 5.41 Å². The molecule has 2 fully saturated rings. The van der Waals surface area contributed by atoms with E-state index >= 15 is 0 Å². The summed E-state index contributed by atoms with van der Waals surface area (Å²) < 4.78 is 52.9. The van der Waals surface area contributed by atoms with Crippen molar-refractivity contribution in [3.8, 4) is 0 Å². The topological polar surface area (TPSA) is 206 Å². The molecule has 16 nitrogen and oxygen atoms in total. The lowest BCUT2D eigenvalue weighted by Gasteiger charge is -2.26. The molecule has 2 aliphatic rings. The monoisotopic (exact) mass is 623 g/mol. The Morgan fingerprint density at radius 3 is 2.32 bits per heavy atom. The number of rotatable bonds is 8. The van der Waals surface area contributed by atoms with Gasteiger partial charge in [-0.15, -0.1) is 0 Å². The number of carboxylic acids is 1. The molecule has 0 bridgehead atoms. The molecule has 18 heteroatoms. The molecule has 1 unspecified atom stereocenters. The third-order valence-electron chi connectivity index (χ3n) is 6.08. The van der Waals surface area contributed by atoms with E-state index in [2.05, 4.69) is 15.0 Å². The summed E-state index contributed by atoms with van der Waals surface area (Å²) in [5.74, 6) is -4.14. The summed E-state index contributed by atoms with van der Waals surface area (Å²) in [4.78, 5) is 34.6. The SMILES string of the molecule is CC(C)(C)C(=O)O.COC(=O)C(OC[C@H]1O[C@@H](n2cnc3c(N)nc(Cl)nc32)[C@@H]2OC(C)(C)O[C@@H]21)P(=O)(OC)OC. The molecule has 230 valence electrons. The van der Waals surface area contributed by atoms with Crippen LogP contribution < -0.4 is 5.73 Å². The lowest BCUT2D eigenvalue weighted by atomic mass is 9.98. The molecule has 2 aromatic rings. The molecule has 3 N–H and O–H groups in total. The van der Waals surface area contributed by atoms with Gasteiger partial charge in [0, 0.05) is 14.2 Å². The maximum atomic E-state index is 12.8. The molecule has 4 heterocycles. The number of hydrogen-bond acceptors (Lipinski definition) is 14. The van der Waals surface area contributed by atoms with Gasteiger partial charge in [-0.05, 0) is 46.2 Å². The molecular weight excluding hydrogens is 589 g/mol. The fourth-order valence-corrected chi connectivity index (χ4v) is 5.29. The van der Waals surface area contributed by atoms with Crippen LogP contribution >= 0.6 is 19.2 Å². The Kier molecular flexibility index (Phi) is 10.0. The highest BCUT2D eigenvalue weighted by molar-refractivity contribution is 7.55. The zero-order chi connectivity index (χ0) is 30.9. The van der Waals surface area contributed by atoms with E-state index in [1.807, 2.05) is 0 Å². The number of nitrogen functional groups attached to an aromatic ring is 1. The fraction of sp³-hybridized carbons (Fsp3) is 0.696. The predicted octanol–water partition coefficient (Wildman–Crippen LogP) is 2.60.